The first kappa shape index (κ1) is 17.2. The average molecular weight is 335 g/mol. The highest BCUT2D eigenvalue weighted by atomic mass is 32.2. The van der Waals surface area contributed by atoms with Crippen LogP contribution in [0, 0.1) is 6.92 Å². The van der Waals surface area contributed by atoms with Crippen LogP contribution in [-0.4, -0.2) is 41.7 Å². The van der Waals surface area contributed by atoms with Crippen LogP contribution < -0.4 is 5.32 Å². The number of aryl methyl sites for hydroxylation is 1. The highest BCUT2D eigenvalue weighted by Crippen LogP contribution is 2.15. The van der Waals surface area contributed by atoms with Gasteiger partial charge in [0.15, 0.2) is 15.5 Å². The molecule has 23 heavy (non-hydrogen) atoms. The van der Waals surface area contributed by atoms with Crippen LogP contribution in [0.15, 0.2) is 36.4 Å². The Kier molecular flexibility index (Phi) is 4.61. The zero-order valence-electron chi connectivity index (χ0n) is 13.7. The molecule has 2 aromatic rings. The van der Waals surface area contributed by atoms with Crippen molar-refractivity contribution in [3.05, 3.63) is 47.8 Å². The Bertz CT molecular complexity index is 808. The summed E-state index contributed by atoms with van der Waals surface area (Å²) in [6.07, 6.45) is 1.16. The third-order valence-corrected chi connectivity index (χ3v) is 5.95. The van der Waals surface area contributed by atoms with Gasteiger partial charge in [-0.1, -0.05) is 18.2 Å². The predicted octanol–water partition coefficient (Wildman–Crippen LogP) is 1.73. The zero-order valence-corrected chi connectivity index (χ0v) is 14.5. The molecule has 0 aliphatic rings. The van der Waals surface area contributed by atoms with E-state index < -0.39 is 14.6 Å². The quantitative estimate of drug-likeness (QED) is 0.902. The number of carbonyl (C=O) groups excluding carboxylic acids is 1. The summed E-state index contributed by atoms with van der Waals surface area (Å²) >= 11 is 0. The van der Waals surface area contributed by atoms with E-state index >= 15 is 0 Å². The smallest absolute Gasteiger partial charge is 0.271 e. The maximum Gasteiger partial charge on any atom is 0.271 e. The van der Waals surface area contributed by atoms with Gasteiger partial charge in [0.25, 0.3) is 5.91 Å². The van der Waals surface area contributed by atoms with Gasteiger partial charge in [-0.3, -0.25) is 4.79 Å². The SMILES string of the molecule is Cc1cc(C(=O)NCC(C)(C)S(C)(=O)=O)nn1-c1ccccc1. The van der Waals surface area contributed by atoms with Crippen LogP contribution in [0.4, 0.5) is 0 Å². The third kappa shape index (κ3) is 3.79. The lowest BCUT2D eigenvalue weighted by Gasteiger charge is -2.22. The van der Waals surface area contributed by atoms with E-state index in [1.165, 1.54) is 0 Å². The summed E-state index contributed by atoms with van der Waals surface area (Å²) in [4.78, 5) is 12.2. The van der Waals surface area contributed by atoms with E-state index in [2.05, 4.69) is 10.4 Å². The molecule has 0 aliphatic carbocycles. The van der Waals surface area contributed by atoms with Gasteiger partial charge in [0.1, 0.15) is 0 Å². The van der Waals surface area contributed by atoms with E-state index in [1.807, 2.05) is 37.3 Å². The minimum absolute atomic E-state index is 0.0297. The molecule has 0 aliphatic heterocycles. The maximum atomic E-state index is 12.2. The van der Waals surface area contributed by atoms with Crippen LogP contribution >= 0.6 is 0 Å². The Hall–Kier alpha value is -2.15. The van der Waals surface area contributed by atoms with Crippen molar-refractivity contribution >= 4 is 15.7 Å². The van der Waals surface area contributed by atoms with Crippen LogP contribution in [-0.2, 0) is 9.84 Å². The molecular formula is C16H21N3O3S. The van der Waals surface area contributed by atoms with Crippen LogP contribution in [0.25, 0.3) is 5.69 Å². The number of rotatable bonds is 5. The van der Waals surface area contributed by atoms with E-state index in [9.17, 15) is 13.2 Å². The standard InChI is InChI=1S/C16H21N3O3S/c1-12-10-14(18-19(12)13-8-6-5-7-9-13)15(20)17-11-16(2,3)23(4,21)22/h5-10H,11H2,1-4H3,(H,17,20). The molecule has 1 heterocycles. The summed E-state index contributed by atoms with van der Waals surface area (Å²) in [5.41, 5.74) is 1.94. The van der Waals surface area contributed by atoms with Gasteiger partial charge in [-0.25, -0.2) is 13.1 Å². The van der Waals surface area contributed by atoms with Crippen LogP contribution in [0.5, 0.6) is 0 Å². The molecule has 0 unspecified atom stereocenters. The Morgan fingerprint density at radius 3 is 2.43 bits per heavy atom. The number of carbonyl (C=O) groups is 1. The normalized spacial score (nSPS) is 12.2. The first-order valence-electron chi connectivity index (χ1n) is 7.22. The molecule has 1 amide bonds. The van der Waals surface area contributed by atoms with Crippen LogP contribution in [0.3, 0.4) is 0 Å². The molecule has 1 aromatic heterocycles. The molecule has 6 nitrogen and oxygen atoms in total. The predicted molar refractivity (Wildman–Crippen MR) is 89.6 cm³/mol. The molecule has 1 N–H and O–H groups in total. The van der Waals surface area contributed by atoms with Gasteiger partial charge in [0, 0.05) is 18.5 Å². The van der Waals surface area contributed by atoms with Gasteiger partial charge in [-0.2, -0.15) is 5.10 Å². The molecule has 7 heteroatoms. The first-order chi connectivity index (χ1) is 10.6. The molecule has 0 spiro atoms. The molecule has 0 bridgehead atoms. The fraction of sp³-hybridized carbons (Fsp3) is 0.375. The van der Waals surface area contributed by atoms with Crippen molar-refractivity contribution in [2.45, 2.75) is 25.5 Å². The monoisotopic (exact) mass is 335 g/mol. The van der Waals surface area contributed by atoms with Crippen molar-refractivity contribution < 1.29 is 13.2 Å². The van der Waals surface area contributed by atoms with Gasteiger partial charge in [0.05, 0.1) is 10.4 Å². The van der Waals surface area contributed by atoms with Crippen molar-refractivity contribution in [3.63, 3.8) is 0 Å². The summed E-state index contributed by atoms with van der Waals surface area (Å²) in [6.45, 7) is 5.05. The van der Waals surface area contributed by atoms with E-state index in [1.54, 1.807) is 24.6 Å². The molecule has 1 aromatic carbocycles. The van der Waals surface area contributed by atoms with E-state index in [0.29, 0.717) is 0 Å². The summed E-state index contributed by atoms with van der Waals surface area (Å²) in [5.74, 6) is -0.389. The zero-order chi connectivity index (χ0) is 17.3. The molecule has 0 saturated carbocycles. The van der Waals surface area contributed by atoms with Gasteiger partial charge in [0.2, 0.25) is 0 Å². The Morgan fingerprint density at radius 2 is 1.87 bits per heavy atom. The van der Waals surface area contributed by atoms with Crippen LogP contribution in [0.2, 0.25) is 0 Å². The number of benzene rings is 1. The summed E-state index contributed by atoms with van der Waals surface area (Å²) in [6, 6.07) is 11.2. The highest BCUT2D eigenvalue weighted by Gasteiger charge is 2.30. The number of amides is 1. The number of sulfone groups is 1. The molecule has 2 rings (SSSR count). The first-order valence-corrected chi connectivity index (χ1v) is 9.11. The van der Waals surface area contributed by atoms with Crippen molar-refractivity contribution in [2.24, 2.45) is 0 Å². The van der Waals surface area contributed by atoms with E-state index in [4.69, 9.17) is 0 Å². The van der Waals surface area contributed by atoms with E-state index in [-0.39, 0.29) is 18.1 Å². The number of nitrogens with zero attached hydrogens (tertiary/aromatic N) is 2. The summed E-state index contributed by atoms with van der Waals surface area (Å²) in [5, 5.41) is 6.94. The van der Waals surface area contributed by atoms with Crippen molar-refractivity contribution in [2.75, 3.05) is 12.8 Å². The largest absolute Gasteiger partial charge is 0.349 e. The summed E-state index contributed by atoms with van der Waals surface area (Å²) in [7, 11) is -3.27. The molecule has 0 radical (unpaired) electrons. The Morgan fingerprint density at radius 1 is 1.26 bits per heavy atom. The van der Waals surface area contributed by atoms with Gasteiger partial charge in [-0.15, -0.1) is 0 Å². The van der Waals surface area contributed by atoms with Crippen molar-refractivity contribution in [1.29, 1.82) is 0 Å². The van der Waals surface area contributed by atoms with Gasteiger partial charge in [-0.05, 0) is 39.0 Å². The molecule has 124 valence electrons. The maximum absolute atomic E-state index is 12.2. The lowest BCUT2D eigenvalue weighted by molar-refractivity contribution is 0.0945. The third-order valence-electron chi connectivity index (χ3n) is 3.80. The fourth-order valence-electron chi connectivity index (χ4n) is 1.93. The Balaban J connectivity index is 2.16. The number of nitrogens with one attached hydrogen (secondary N) is 1. The molecular weight excluding hydrogens is 314 g/mol. The average Bonchev–Trinajstić information content (AvgIpc) is 2.86. The van der Waals surface area contributed by atoms with Gasteiger partial charge >= 0.3 is 0 Å². The van der Waals surface area contributed by atoms with Gasteiger partial charge < -0.3 is 5.32 Å². The Labute approximate surface area is 136 Å². The number of para-hydroxylation sites is 1. The minimum atomic E-state index is -3.27. The molecule has 0 saturated heterocycles. The fourth-order valence-corrected chi connectivity index (χ4v) is 2.27. The highest BCUT2D eigenvalue weighted by molar-refractivity contribution is 7.92. The second-order valence-corrected chi connectivity index (χ2v) is 8.78. The molecule has 0 fully saturated rings. The van der Waals surface area contributed by atoms with E-state index in [0.717, 1.165) is 17.6 Å². The number of hydrogen-bond acceptors (Lipinski definition) is 4. The second kappa shape index (κ2) is 6.16. The number of hydrogen-bond donors (Lipinski definition) is 1. The lowest BCUT2D eigenvalue weighted by Crippen LogP contribution is -2.43. The molecule has 0 atom stereocenters. The summed E-state index contributed by atoms with van der Waals surface area (Å²) < 4.78 is 24.0. The van der Waals surface area contributed by atoms with Crippen molar-refractivity contribution in [1.82, 2.24) is 15.1 Å². The lowest BCUT2D eigenvalue weighted by atomic mass is 10.2. The topological polar surface area (TPSA) is 81.1 Å². The number of aromatic nitrogens is 2. The second-order valence-electron chi connectivity index (χ2n) is 6.13. The van der Waals surface area contributed by atoms with Crippen molar-refractivity contribution in [3.8, 4) is 5.69 Å². The minimum Gasteiger partial charge on any atom is -0.349 e. The van der Waals surface area contributed by atoms with Crippen LogP contribution in [0.1, 0.15) is 30.0 Å².